The van der Waals surface area contributed by atoms with Crippen LogP contribution >= 0.6 is 15.9 Å². The predicted octanol–water partition coefficient (Wildman–Crippen LogP) is 3.31. The molecule has 0 fully saturated rings. The van der Waals surface area contributed by atoms with Crippen LogP contribution in [0.1, 0.15) is 30.1 Å². The van der Waals surface area contributed by atoms with Crippen molar-refractivity contribution in [3.05, 3.63) is 34.3 Å². The Hall–Kier alpha value is -1.41. The molecule has 2 rings (SSSR count). The molecule has 0 saturated carbocycles. The fraction of sp³-hybridized carbons (Fsp3) is 0.385. The second-order valence-electron chi connectivity index (χ2n) is 4.63. The summed E-state index contributed by atoms with van der Waals surface area (Å²) in [6, 6.07) is 5.78. The lowest BCUT2D eigenvalue weighted by atomic mass is 10.0. The van der Waals surface area contributed by atoms with E-state index in [1.54, 1.807) is 6.92 Å². The van der Waals surface area contributed by atoms with Crippen molar-refractivity contribution in [2.75, 3.05) is 0 Å². The molecule has 1 N–H and O–H groups in total. The summed E-state index contributed by atoms with van der Waals surface area (Å²) in [6.45, 7) is 1.61. The molecule has 1 aliphatic heterocycles. The Labute approximate surface area is 127 Å². The van der Waals surface area contributed by atoms with E-state index < -0.39 is 24.2 Å². The molecule has 1 amide bonds. The summed E-state index contributed by atoms with van der Waals surface area (Å²) in [5.74, 6) is -0.995. The highest BCUT2D eigenvalue weighted by molar-refractivity contribution is 9.10. The van der Waals surface area contributed by atoms with Crippen molar-refractivity contribution < 1.29 is 23.1 Å². The van der Waals surface area contributed by atoms with E-state index in [2.05, 4.69) is 21.0 Å². The van der Waals surface area contributed by atoms with Crippen molar-refractivity contribution in [1.29, 1.82) is 0 Å². The Morgan fingerprint density at radius 2 is 2.00 bits per heavy atom. The van der Waals surface area contributed by atoms with Gasteiger partial charge in [-0.05, 0) is 30.7 Å². The number of benzene rings is 1. The molecule has 0 saturated heterocycles. The molecule has 21 heavy (non-hydrogen) atoms. The Morgan fingerprint density at radius 1 is 1.43 bits per heavy atom. The number of carbonyl (C=O) groups is 1. The molecule has 1 heterocycles. The molecule has 0 bridgehead atoms. The molecule has 0 aliphatic carbocycles. The van der Waals surface area contributed by atoms with Gasteiger partial charge >= 0.3 is 6.18 Å². The van der Waals surface area contributed by atoms with Crippen molar-refractivity contribution >= 4 is 27.5 Å². The third-order valence-electron chi connectivity index (χ3n) is 3.19. The average molecular weight is 365 g/mol. The van der Waals surface area contributed by atoms with Crippen LogP contribution in [0.3, 0.4) is 0 Å². The van der Waals surface area contributed by atoms with Gasteiger partial charge in [0.25, 0.3) is 11.6 Å². The third-order valence-corrected chi connectivity index (χ3v) is 3.72. The minimum Gasteiger partial charge on any atom is -0.362 e. The standard InChI is InChI=1S/C13H12BrF3N2O2/c1-2-10-7-12(21,13(15,16)17)19(18-10)11(20)8-3-5-9(14)6-4-8/h3-6,21H,2,7H2,1H3/t12-/m1/s1. The first kappa shape index (κ1) is 16.0. The smallest absolute Gasteiger partial charge is 0.362 e. The molecule has 1 aromatic rings. The highest BCUT2D eigenvalue weighted by Gasteiger charge is 2.63. The zero-order valence-corrected chi connectivity index (χ0v) is 12.6. The fourth-order valence-electron chi connectivity index (χ4n) is 1.96. The summed E-state index contributed by atoms with van der Waals surface area (Å²) in [5.41, 5.74) is -3.15. The second-order valence-corrected chi connectivity index (χ2v) is 5.55. The van der Waals surface area contributed by atoms with Gasteiger partial charge in [0.15, 0.2) is 0 Å². The molecule has 1 atom stereocenters. The van der Waals surface area contributed by atoms with Crippen molar-refractivity contribution in [1.82, 2.24) is 5.01 Å². The van der Waals surface area contributed by atoms with E-state index in [1.807, 2.05) is 0 Å². The first-order valence-electron chi connectivity index (χ1n) is 6.14. The van der Waals surface area contributed by atoms with E-state index in [-0.39, 0.29) is 22.7 Å². The molecule has 1 aliphatic rings. The van der Waals surface area contributed by atoms with Crippen molar-refractivity contribution in [2.24, 2.45) is 5.10 Å². The molecule has 1 aromatic carbocycles. The monoisotopic (exact) mass is 364 g/mol. The van der Waals surface area contributed by atoms with Crippen LogP contribution in [0.2, 0.25) is 0 Å². The van der Waals surface area contributed by atoms with Crippen molar-refractivity contribution in [3.8, 4) is 0 Å². The van der Waals surface area contributed by atoms with Crippen molar-refractivity contribution in [3.63, 3.8) is 0 Å². The molecule has 0 spiro atoms. The van der Waals surface area contributed by atoms with E-state index in [0.717, 1.165) is 0 Å². The summed E-state index contributed by atoms with van der Waals surface area (Å²) in [4.78, 5) is 12.2. The SMILES string of the molecule is CCC1=NN(C(=O)c2ccc(Br)cc2)[C@](O)(C(F)(F)F)C1. The number of nitrogens with zero attached hydrogens (tertiary/aromatic N) is 2. The minimum absolute atomic E-state index is 0.0157. The fourth-order valence-corrected chi connectivity index (χ4v) is 2.23. The number of halogens is 4. The number of alkyl halides is 3. The Kier molecular flexibility index (Phi) is 4.12. The second kappa shape index (κ2) is 5.42. The predicted molar refractivity (Wildman–Crippen MR) is 73.7 cm³/mol. The molecule has 8 heteroatoms. The summed E-state index contributed by atoms with van der Waals surface area (Å²) in [5, 5.41) is 13.7. The lowest BCUT2D eigenvalue weighted by molar-refractivity contribution is -0.297. The van der Waals surface area contributed by atoms with E-state index in [4.69, 9.17) is 0 Å². The summed E-state index contributed by atoms with van der Waals surface area (Å²) in [6.07, 6.45) is -5.49. The number of hydrogen-bond acceptors (Lipinski definition) is 3. The summed E-state index contributed by atoms with van der Waals surface area (Å²) in [7, 11) is 0. The van der Waals surface area contributed by atoms with E-state index in [1.165, 1.54) is 24.3 Å². The largest absolute Gasteiger partial charge is 0.438 e. The van der Waals surface area contributed by atoms with Crippen LogP contribution in [0.25, 0.3) is 0 Å². The number of aliphatic hydroxyl groups is 1. The quantitative estimate of drug-likeness (QED) is 0.875. The zero-order valence-electron chi connectivity index (χ0n) is 11.0. The number of rotatable bonds is 2. The number of hydrazone groups is 1. The van der Waals surface area contributed by atoms with Gasteiger partial charge in [-0.1, -0.05) is 22.9 Å². The summed E-state index contributed by atoms with van der Waals surface area (Å²) >= 11 is 3.17. The Morgan fingerprint density at radius 3 is 2.48 bits per heavy atom. The zero-order chi connectivity index (χ0) is 15.8. The van der Waals surface area contributed by atoms with Gasteiger partial charge in [-0.15, -0.1) is 0 Å². The van der Waals surface area contributed by atoms with Crippen LogP contribution in [0.5, 0.6) is 0 Å². The highest BCUT2D eigenvalue weighted by atomic mass is 79.9. The van der Waals surface area contributed by atoms with Gasteiger partial charge in [-0.25, -0.2) is 0 Å². The Bertz CT molecular complexity index is 586. The van der Waals surface area contributed by atoms with Gasteiger partial charge in [0.1, 0.15) is 0 Å². The van der Waals surface area contributed by atoms with Gasteiger partial charge in [0, 0.05) is 22.2 Å². The van der Waals surface area contributed by atoms with Crippen molar-refractivity contribution in [2.45, 2.75) is 31.7 Å². The van der Waals surface area contributed by atoms with Crippen LogP contribution in [-0.4, -0.2) is 33.6 Å². The third kappa shape index (κ3) is 2.82. The maximum Gasteiger partial charge on any atom is 0.438 e. The number of hydrogen-bond donors (Lipinski definition) is 1. The lowest BCUT2D eigenvalue weighted by Gasteiger charge is -2.32. The lowest BCUT2D eigenvalue weighted by Crippen LogP contribution is -2.56. The van der Waals surface area contributed by atoms with E-state index in [0.29, 0.717) is 4.47 Å². The van der Waals surface area contributed by atoms with E-state index in [9.17, 15) is 23.1 Å². The number of amides is 1. The normalized spacial score (nSPS) is 22.4. The molecular weight excluding hydrogens is 353 g/mol. The van der Waals surface area contributed by atoms with Crippen LogP contribution in [0.4, 0.5) is 13.2 Å². The first-order chi connectivity index (χ1) is 9.69. The minimum atomic E-state index is -4.99. The Balaban J connectivity index is 2.40. The summed E-state index contributed by atoms with van der Waals surface area (Å²) < 4.78 is 40.0. The van der Waals surface area contributed by atoms with Gasteiger partial charge < -0.3 is 5.11 Å². The molecule has 4 nitrogen and oxygen atoms in total. The maximum absolute atomic E-state index is 13.1. The number of carbonyl (C=O) groups excluding carboxylic acids is 1. The average Bonchev–Trinajstić information content (AvgIpc) is 2.77. The molecule has 114 valence electrons. The van der Waals surface area contributed by atoms with E-state index >= 15 is 0 Å². The van der Waals surface area contributed by atoms with Crippen LogP contribution in [0, 0.1) is 0 Å². The molecule has 0 unspecified atom stereocenters. The topological polar surface area (TPSA) is 52.9 Å². The highest BCUT2D eigenvalue weighted by Crippen LogP contribution is 2.41. The van der Waals surface area contributed by atoms with Gasteiger partial charge in [-0.2, -0.15) is 23.3 Å². The van der Waals surface area contributed by atoms with Gasteiger partial charge in [-0.3, -0.25) is 4.79 Å². The molecule has 0 radical (unpaired) electrons. The van der Waals surface area contributed by atoms with Crippen LogP contribution < -0.4 is 0 Å². The van der Waals surface area contributed by atoms with Gasteiger partial charge in [0.2, 0.25) is 0 Å². The van der Waals surface area contributed by atoms with Crippen LogP contribution in [-0.2, 0) is 0 Å². The van der Waals surface area contributed by atoms with Crippen LogP contribution in [0.15, 0.2) is 33.8 Å². The first-order valence-corrected chi connectivity index (χ1v) is 6.94. The van der Waals surface area contributed by atoms with Gasteiger partial charge in [0.05, 0.1) is 0 Å². The molecule has 0 aromatic heterocycles. The molecular formula is C13H12BrF3N2O2. The maximum atomic E-state index is 13.1.